The van der Waals surface area contributed by atoms with Gasteiger partial charge in [0.15, 0.2) is 0 Å². The van der Waals surface area contributed by atoms with Crippen molar-refractivity contribution in [2.24, 2.45) is 0 Å². The molecule has 0 aliphatic heterocycles. The third-order valence-electron chi connectivity index (χ3n) is 1.08. The topological polar surface area (TPSA) is 115 Å². The number of hydrogen-bond acceptors (Lipinski definition) is 4. The van der Waals surface area contributed by atoms with E-state index in [9.17, 15) is 14.4 Å². The summed E-state index contributed by atoms with van der Waals surface area (Å²) in [5.74, 6) is -3.78. The Hall–Kier alpha value is -0.838. The van der Waals surface area contributed by atoms with E-state index in [1.165, 1.54) is 0 Å². The zero-order chi connectivity index (χ0) is 10.4. The van der Waals surface area contributed by atoms with Crippen LogP contribution >= 0.6 is 0 Å². The standard InChI is InChI=1S/C6H9NO6.Be.Zn.2H/c8-4(9)1-7(2-5(10)11)3-6(12)13;;;;/h1-3H2,(H,8,9)(H,10,11)(H,12,13);;;;. The summed E-state index contributed by atoms with van der Waals surface area (Å²) in [7, 11) is 0. The van der Waals surface area contributed by atoms with Crippen LogP contribution in [0.4, 0.5) is 0 Å². The summed E-state index contributed by atoms with van der Waals surface area (Å²) in [6, 6.07) is 0. The first kappa shape index (κ1) is 19.7. The van der Waals surface area contributed by atoms with Crippen LogP contribution in [-0.2, 0) is 33.9 Å². The average molecular weight is 268 g/mol. The molecule has 0 saturated heterocycles. The predicted molar refractivity (Wildman–Crippen MR) is 47.9 cm³/mol. The largest absolute Gasteiger partial charge is 0 e. The zero-order valence-corrected chi connectivity index (χ0v) is 10.3. The Kier molecular flexibility index (Phi) is 12.7. The number of carboxylic acids is 3. The SMILES string of the molecule is O=C(O)CN(CC(=O)O)CC(=O)O.[BeH2].[Zn]. The molecule has 0 spiro atoms. The van der Waals surface area contributed by atoms with Crippen LogP contribution in [0.1, 0.15) is 0 Å². The van der Waals surface area contributed by atoms with Gasteiger partial charge in [-0.25, -0.2) is 0 Å². The molecule has 0 saturated carbocycles. The minimum Gasteiger partial charge on any atom is 0 e. The number of aliphatic carboxylic acids is 3. The van der Waals surface area contributed by atoms with Crippen LogP contribution in [0.5, 0.6) is 0 Å². The van der Waals surface area contributed by atoms with E-state index >= 15 is 0 Å². The van der Waals surface area contributed by atoms with Crippen molar-refractivity contribution in [1.29, 1.82) is 0 Å². The molecule has 0 aliphatic carbocycles. The first-order chi connectivity index (χ1) is 5.91. The van der Waals surface area contributed by atoms with Gasteiger partial charge in [0.1, 0.15) is 0 Å². The minimum atomic E-state index is -1.26. The van der Waals surface area contributed by atoms with E-state index < -0.39 is 37.5 Å². The van der Waals surface area contributed by atoms with Crippen molar-refractivity contribution in [3.63, 3.8) is 0 Å². The summed E-state index contributed by atoms with van der Waals surface area (Å²) in [5, 5.41) is 24.8. The predicted octanol–water partition coefficient (Wildman–Crippen LogP) is -2.38. The van der Waals surface area contributed by atoms with Gasteiger partial charge in [0.25, 0.3) is 0 Å². The second-order valence-electron chi connectivity index (χ2n) is 2.33. The van der Waals surface area contributed by atoms with E-state index in [0.29, 0.717) is 0 Å². The van der Waals surface area contributed by atoms with Crippen LogP contribution in [0.2, 0.25) is 0 Å². The van der Waals surface area contributed by atoms with Crippen molar-refractivity contribution in [2.75, 3.05) is 19.6 Å². The van der Waals surface area contributed by atoms with Crippen molar-refractivity contribution in [3.8, 4) is 0 Å². The molecule has 0 bridgehead atoms. The Morgan fingerprint density at radius 3 is 1.13 bits per heavy atom. The molecular formula is C6H11BeNO6Zn. The molecule has 0 radical (unpaired) electrons. The molecule has 0 aromatic carbocycles. The van der Waals surface area contributed by atoms with E-state index in [4.69, 9.17) is 15.3 Å². The zero-order valence-electron chi connectivity index (χ0n) is 7.34. The molecule has 80 valence electrons. The van der Waals surface area contributed by atoms with Gasteiger partial charge in [-0.05, 0) is 0 Å². The normalized spacial score (nSPS) is 8.60. The molecule has 0 aromatic heterocycles. The van der Waals surface area contributed by atoms with Gasteiger partial charge in [-0.1, -0.05) is 0 Å². The summed E-state index contributed by atoms with van der Waals surface area (Å²) >= 11 is 0. The summed E-state index contributed by atoms with van der Waals surface area (Å²) in [4.78, 5) is 31.2. The molecule has 0 rings (SSSR count). The van der Waals surface area contributed by atoms with Crippen LogP contribution in [-0.4, -0.2) is 67.9 Å². The fourth-order valence-electron chi connectivity index (χ4n) is 0.742. The first-order valence-corrected chi connectivity index (χ1v) is 3.29. The number of carbonyl (C=O) groups is 3. The van der Waals surface area contributed by atoms with Gasteiger partial charge >= 0.3 is 28.0 Å². The molecule has 0 aromatic rings. The molecular weight excluding hydrogens is 256 g/mol. The van der Waals surface area contributed by atoms with E-state index in [0.717, 1.165) is 4.90 Å². The molecule has 3 N–H and O–H groups in total. The molecule has 0 fully saturated rings. The summed E-state index contributed by atoms with van der Waals surface area (Å²) < 4.78 is 0. The molecule has 15 heavy (non-hydrogen) atoms. The molecule has 0 unspecified atom stereocenters. The Labute approximate surface area is 102 Å². The smallest absolute Gasteiger partial charge is 0 e. The fraction of sp³-hybridized carbons (Fsp3) is 0.500. The molecule has 0 amide bonds. The Morgan fingerprint density at radius 1 is 0.800 bits per heavy atom. The third kappa shape index (κ3) is 13.2. The van der Waals surface area contributed by atoms with Crippen molar-refractivity contribution in [1.82, 2.24) is 4.90 Å². The van der Waals surface area contributed by atoms with Gasteiger partial charge in [-0.3, -0.25) is 19.3 Å². The van der Waals surface area contributed by atoms with Crippen LogP contribution in [0, 0.1) is 0 Å². The average Bonchev–Trinajstić information content (AvgIpc) is 1.80. The van der Waals surface area contributed by atoms with Gasteiger partial charge in [0.2, 0.25) is 0 Å². The maximum absolute atomic E-state index is 10.1. The monoisotopic (exact) mass is 266 g/mol. The minimum absolute atomic E-state index is 0. The van der Waals surface area contributed by atoms with Gasteiger partial charge in [0.05, 0.1) is 19.6 Å². The Morgan fingerprint density at radius 2 is 1.00 bits per heavy atom. The Balaban J connectivity index is -0.000000720. The molecule has 0 heterocycles. The van der Waals surface area contributed by atoms with E-state index in [1.807, 2.05) is 0 Å². The van der Waals surface area contributed by atoms with Crippen LogP contribution in [0.3, 0.4) is 0 Å². The molecule has 0 aliphatic rings. The quantitative estimate of drug-likeness (QED) is 0.460. The van der Waals surface area contributed by atoms with Crippen LogP contribution in [0.15, 0.2) is 0 Å². The van der Waals surface area contributed by atoms with E-state index in [-0.39, 0.29) is 29.6 Å². The number of hydrogen-bond donors (Lipinski definition) is 3. The van der Waals surface area contributed by atoms with E-state index in [1.54, 1.807) is 0 Å². The molecule has 9 heteroatoms. The second kappa shape index (κ2) is 9.71. The summed E-state index contributed by atoms with van der Waals surface area (Å²) in [6.45, 7) is -1.80. The summed E-state index contributed by atoms with van der Waals surface area (Å²) in [6.07, 6.45) is 0. The van der Waals surface area contributed by atoms with Crippen molar-refractivity contribution >= 4 is 28.0 Å². The van der Waals surface area contributed by atoms with Crippen molar-refractivity contribution < 1.29 is 49.2 Å². The first-order valence-electron chi connectivity index (χ1n) is 3.29. The van der Waals surface area contributed by atoms with Crippen LogP contribution in [0.25, 0.3) is 0 Å². The van der Waals surface area contributed by atoms with Gasteiger partial charge in [-0.2, -0.15) is 0 Å². The maximum Gasteiger partial charge on any atom is 0 e. The number of nitrogens with zero attached hydrogens (tertiary/aromatic N) is 1. The van der Waals surface area contributed by atoms with Crippen molar-refractivity contribution in [3.05, 3.63) is 0 Å². The second-order valence-corrected chi connectivity index (χ2v) is 2.33. The number of carboxylic acid groups (broad SMARTS) is 3. The number of rotatable bonds is 6. The van der Waals surface area contributed by atoms with Crippen molar-refractivity contribution in [2.45, 2.75) is 0 Å². The third-order valence-corrected chi connectivity index (χ3v) is 1.08. The Bertz CT molecular complexity index is 198. The van der Waals surface area contributed by atoms with Gasteiger partial charge in [0, 0.05) is 19.5 Å². The molecule has 0 atom stereocenters. The van der Waals surface area contributed by atoms with Gasteiger partial charge < -0.3 is 15.3 Å². The maximum atomic E-state index is 10.1. The fourth-order valence-corrected chi connectivity index (χ4v) is 0.742. The summed E-state index contributed by atoms with van der Waals surface area (Å²) in [5.41, 5.74) is 0. The van der Waals surface area contributed by atoms with Crippen LogP contribution < -0.4 is 0 Å². The molecule has 7 nitrogen and oxygen atoms in total. The van der Waals surface area contributed by atoms with E-state index in [2.05, 4.69) is 0 Å². The van der Waals surface area contributed by atoms with Gasteiger partial charge in [-0.15, -0.1) is 0 Å².